The van der Waals surface area contributed by atoms with Crippen molar-refractivity contribution in [3.05, 3.63) is 36.2 Å². The van der Waals surface area contributed by atoms with E-state index < -0.39 is 8.32 Å². The fourth-order valence-corrected chi connectivity index (χ4v) is 5.54. The number of hydrogen-bond acceptors (Lipinski definition) is 7. The van der Waals surface area contributed by atoms with Crippen molar-refractivity contribution in [3.63, 3.8) is 0 Å². The number of ether oxygens (including phenoxy) is 3. The van der Waals surface area contributed by atoms with Crippen molar-refractivity contribution in [1.82, 2.24) is 14.3 Å². The van der Waals surface area contributed by atoms with Gasteiger partial charge < -0.3 is 28.3 Å². The lowest BCUT2D eigenvalue weighted by molar-refractivity contribution is -0.0365. The van der Waals surface area contributed by atoms with E-state index in [9.17, 15) is 5.26 Å². The molecule has 2 unspecified atom stereocenters. The topological polar surface area (TPSA) is 104 Å². The highest BCUT2D eigenvalue weighted by atomic mass is 28.4. The summed E-state index contributed by atoms with van der Waals surface area (Å²) in [5, 5.41) is 25.0. The predicted octanol–water partition coefficient (Wildman–Crippen LogP) is 5.87. The second-order valence-corrected chi connectivity index (χ2v) is 16.8. The van der Waals surface area contributed by atoms with Gasteiger partial charge in [0.05, 0.1) is 38.0 Å². The van der Waals surface area contributed by atoms with Gasteiger partial charge in [0, 0.05) is 30.3 Å². The van der Waals surface area contributed by atoms with Crippen molar-refractivity contribution >= 4 is 19.2 Å². The molecule has 3 aromatic rings. The van der Waals surface area contributed by atoms with Gasteiger partial charge in [0.15, 0.2) is 6.23 Å². The number of nitrogens with zero attached hydrogens (tertiary/aromatic N) is 4. The lowest BCUT2D eigenvalue weighted by atomic mass is 10.1. The highest BCUT2D eigenvalue weighted by molar-refractivity contribution is 6.74. The molecule has 0 radical (unpaired) electrons. The van der Waals surface area contributed by atoms with Gasteiger partial charge in [-0.2, -0.15) is 10.4 Å². The van der Waals surface area contributed by atoms with Crippen molar-refractivity contribution in [2.75, 3.05) is 33.0 Å². The Bertz CT molecular complexity index is 1310. The van der Waals surface area contributed by atoms with Crippen LogP contribution in [0, 0.1) is 11.3 Å². The zero-order chi connectivity index (χ0) is 28.9. The zero-order valence-corrected chi connectivity index (χ0v) is 25.8. The Morgan fingerprint density at radius 2 is 2.00 bits per heavy atom. The van der Waals surface area contributed by atoms with Crippen LogP contribution in [0.4, 0.5) is 0 Å². The Hall–Kier alpha value is -2.68. The van der Waals surface area contributed by atoms with Gasteiger partial charge in [-0.05, 0) is 68.6 Å². The third-order valence-electron chi connectivity index (χ3n) is 7.93. The molecule has 3 heterocycles. The van der Waals surface area contributed by atoms with Gasteiger partial charge in [-0.25, -0.2) is 4.68 Å². The summed E-state index contributed by atoms with van der Waals surface area (Å²) in [6, 6.07) is 10.4. The quantitative estimate of drug-likeness (QED) is 0.215. The Balaban J connectivity index is 1.62. The van der Waals surface area contributed by atoms with Crippen LogP contribution in [0.3, 0.4) is 0 Å². The minimum absolute atomic E-state index is 0.0150. The average Bonchev–Trinajstić information content (AvgIpc) is 3.51. The molecule has 0 spiro atoms. The van der Waals surface area contributed by atoms with Crippen molar-refractivity contribution < 1.29 is 23.7 Å². The lowest BCUT2D eigenvalue weighted by Crippen LogP contribution is -2.43. The molecule has 2 aromatic heterocycles. The number of aliphatic hydroxyl groups excluding tert-OH is 1. The van der Waals surface area contributed by atoms with Crippen LogP contribution in [0.1, 0.15) is 58.9 Å². The van der Waals surface area contributed by atoms with Gasteiger partial charge in [-0.3, -0.25) is 0 Å². The molecule has 218 valence electrons. The monoisotopic (exact) mass is 568 g/mol. The van der Waals surface area contributed by atoms with Crippen LogP contribution < -0.4 is 4.43 Å². The summed E-state index contributed by atoms with van der Waals surface area (Å²) >= 11 is 0. The van der Waals surface area contributed by atoms with E-state index in [1.165, 1.54) is 0 Å². The molecule has 0 amide bonds. The highest BCUT2D eigenvalue weighted by Crippen LogP contribution is 2.40. The van der Waals surface area contributed by atoms with E-state index in [-0.39, 0.29) is 24.0 Å². The van der Waals surface area contributed by atoms with E-state index in [2.05, 4.69) is 52.1 Å². The molecule has 1 aliphatic heterocycles. The fraction of sp³-hybridized carbons (Fsp3) is 0.600. The van der Waals surface area contributed by atoms with E-state index >= 15 is 0 Å². The molecule has 0 saturated carbocycles. The molecule has 0 bridgehead atoms. The van der Waals surface area contributed by atoms with Crippen LogP contribution in [0.2, 0.25) is 18.1 Å². The first-order valence-corrected chi connectivity index (χ1v) is 17.2. The molecule has 1 fully saturated rings. The van der Waals surface area contributed by atoms with Gasteiger partial charge in [0.1, 0.15) is 23.2 Å². The maximum atomic E-state index is 9.86. The number of aliphatic hydroxyl groups is 1. The number of nitriles is 1. The van der Waals surface area contributed by atoms with Crippen molar-refractivity contribution in [3.8, 4) is 23.1 Å². The Kier molecular flexibility index (Phi) is 9.75. The fourth-order valence-electron chi connectivity index (χ4n) is 4.52. The molecule has 1 aliphatic rings. The van der Waals surface area contributed by atoms with Crippen LogP contribution in [0.5, 0.6) is 5.75 Å². The number of hydrogen-bond donors (Lipinski definition) is 1. The Morgan fingerprint density at radius 1 is 1.20 bits per heavy atom. The summed E-state index contributed by atoms with van der Waals surface area (Å²) in [7, 11) is -2.03. The molecule has 9 nitrogen and oxygen atoms in total. The largest absolute Gasteiger partial charge is 0.543 e. The molecule has 0 aliphatic carbocycles. The minimum atomic E-state index is -2.03. The van der Waals surface area contributed by atoms with Crippen molar-refractivity contribution in [2.24, 2.45) is 0 Å². The normalized spacial score (nSPS) is 17.2. The molecule has 1 aromatic carbocycles. The smallest absolute Gasteiger partial charge is 0.250 e. The van der Waals surface area contributed by atoms with E-state index in [1.807, 2.05) is 34.5 Å². The first-order valence-electron chi connectivity index (χ1n) is 14.3. The molecule has 40 heavy (non-hydrogen) atoms. The van der Waals surface area contributed by atoms with E-state index in [0.717, 1.165) is 53.8 Å². The number of benzene rings is 1. The van der Waals surface area contributed by atoms with Crippen LogP contribution in [-0.4, -0.2) is 66.9 Å². The summed E-state index contributed by atoms with van der Waals surface area (Å²) < 4.78 is 27.8. The predicted molar refractivity (Wildman–Crippen MR) is 158 cm³/mol. The maximum Gasteiger partial charge on any atom is 0.250 e. The van der Waals surface area contributed by atoms with E-state index in [0.29, 0.717) is 32.1 Å². The summed E-state index contributed by atoms with van der Waals surface area (Å²) in [6.07, 6.45) is 4.74. The number of fused-ring (bicyclic) bond motifs is 1. The van der Waals surface area contributed by atoms with Crippen LogP contribution in [0.25, 0.3) is 22.2 Å². The molecular formula is C30H44N4O5Si. The standard InChI is InChI=1S/C30H44N4O5Si/c1-22(21-35)37-16-15-36-14-12-33-20-23(17-24(33)19-31)29-26-18-25(39-40(5,6)30(2,3)4)10-11-27(26)34(32-29)28-9-7-8-13-38-28/h10-11,17-18,20,22,28,35H,7-9,12-16,21H2,1-6H3. The van der Waals surface area contributed by atoms with Gasteiger partial charge >= 0.3 is 0 Å². The Morgan fingerprint density at radius 3 is 2.67 bits per heavy atom. The van der Waals surface area contributed by atoms with Crippen molar-refractivity contribution in [2.45, 2.75) is 84.0 Å². The average molecular weight is 569 g/mol. The minimum Gasteiger partial charge on any atom is -0.543 e. The second kappa shape index (κ2) is 12.9. The number of rotatable bonds is 12. The van der Waals surface area contributed by atoms with E-state index in [4.69, 9.17) is 28.8 Å². The van der Waals surface area contributed by atoms with Gasteiger partial charge in [0.2, 0.25) is 8.32 Å². The van der Waals surface area contributed by atoms with E-state index in [1.54, 1.807) is 0 Å². The van der Waals surface area contributed by atoms with Crippen molar-refractivity contribution in [1.29, 1.82) is 5.26 Å². The lowest BCUT2D eigenvalue weighted by Gasteiger charge is -2.36. The summed E-state index contributed by atoms with van der Waals surface area (Å²) in [6.45, 7) is 15.5. The molecule has 1 saturated heterocycles. The van der Waals surface area contributed by atoms with Crippen LogP contribution >= 0.6 is 0 Å². The number of aromatic nitrogens is 3. The molecule has 2 atom stereocenters. The van der Waals surface area contributed by atoms with Gasteiger partial charge in [-0.1, -0.05) is 20.8 Å². The Labute approximate surface area is 238 Å². The third kappa shape index (κ3) is 6.96. The van der Waals surface area contributed by atoms with Crippen LogP contribution in [0.15, 0.2) is 30.5 Å². The third-order valence-corrected chi connectivity index (χ3v) is 12.3. The SMILES string of the molecule is CC(CO)OCCOCCn1cc(-c2nn(C3CCCCO3)c3ccc(O[Si](C)(C)C(C)(C)C)cc23)cc1C#N. The zero-order valence-electron chi connectivity index (χ0n) is 24.8. The second-order valence-electron chi connectivity index (χ2n) is 12.1. The van der Waals surface area contributed by atoms with Crippen LogP contribution in [-0.2, 0) is 20.8 Å². The molecule has 10 heteroatoms. The summed E-state index contributed by atoms with van der Waals surface area (Å²) in [5.74, 6) is 0.843. The summed E-state index contributed by atoms with van der Waals surface area (Å²) in [5.41, 5.74) is 3.23. The van der Waals surface area contributed by atoms with Gasteiger partial charge in [-0.15, -0.1) is 0 Å². The maximum absolute atomic E-state index is 9.86. The highest BCUT2D eigenvalue weighted by Gasteiger charge is 2.39. The molecule has 4 rings (SSSR count). The molecule has 1 N–H and O–H groups in total. The first-order chi connectivity index (χ1) is 19.0. The molecular weight excluding hydrogens is 524 g/mol. The summed E-state index contributed by atoms with van der Waals surface area (Å²) in [4.78, 5) is 0. The first kappa shape index (κ1) is 30.3. The van der Waals surface area contributed by atoms with Gasteiger partial charge in [0.25, 0.3) is 0 Å².